The number of rotatable bonds is 6. The maximum absolute atomic E-state index is 12.1. The minimum absolute atomic E-state index is 0.0148. The van der Waals surface area contributed by atoms with E-state index in [4.69, 9.17) is 0 Å². The van der Waals surface area contributed by atoms with Crippen LogP contribution in [0.5, 0.6) is 0 Å². The van der Waals surface area contributed by atoms with Crippen LogP contribution in [0, 0.1) is 0 Å². The zero-order valence-corrected chi connectivity index (χ0v) is 14.5. The van der Waals surface area contributed by atoms with Gasteiger partial charge in [0.2, 0.25) is 0 Å². The Labute approximate surface area is 140 Å². The second-order valence-electron chi connectivity index (χ2n) is 5.48. The normalized spacial score (nSPS) is 13.4. The molecule has 22 heavy (non-hydrogen) atoms. The first-order valence-electron chi connectivity index (χ1n) is 7.49. The number of nitrogens with one attached hydrogen (secondary N) is 1. The van der Waals surface area contributed by atoms with Crippen molar-refractivity contribution in [3.05, 3.63) is 70.2 Å². The highest BCUT2D eigenvalue weighted by Crippen LogP contribution is 2.16. The molecule has 0 radical (unpaired) electrons. The van der Waals surface area contributed by atoms with Crippen molar-refractivity contribution in [2.24, 2.45) is 0 Å². The molecule has 0 saturated carbocycles. The molecule has 1 amide bonds. The van der Waals surface area contributed by atoms with Crippen LogP contribution in [0.4, 0.5) is 0 Å². The van der Waals surface area contributed by atoms with E-state index in [1.165, 1.54) is 5.56 Å². The number of nitrogens with two attached hydrogens (primary N) is 1. The maximum atomic E-state index is 12.1. The van der Waals surface area contributed by atoms with Crippen molar-refractivity contribution in [2.75, 3.05) is 6.54 Å². The van der Waals surface area contributed by atoms with Crippen LogP contribution in [-0.4, -0.2) is 12.5 Å². The molecule has 0 saturated heterocycles. The van der Waals surface area contributed by atoms with Crippen LogP contribution in [0.15, 0.2) is 59.1 Å². The summed E-state index contributed by atoms with van der Waals surface area (Å²) in [6, 6.07) is 18.5. The number of carbonyl (C=O) groups excluding carboxylic acids is 1. The molecule has 0 aliphatic carbocycles. The minimum Gasteiger partial charge on any atom is -0.345 e. The van der Waals surface area contributed by atoms with Gasteiger partial charge in [-0.25, -0.2) is 0 Å². The van der Waals surface area contributed by atoms with Crippen LogP contribution in [0.2, 0.25) is 0 Å². The quantitative estimate of drug-likeness (QED) is 0.816. The summed E-state index contributed by atoms with van der Waals surface area (Å²) in [6.45, 7) is 4.54. The van der Waals surface area contributed by atoms with E-state index in [0.717, 1.165) is 10.0 Å². The lowest BCUT2D eigenvalue weighted by molar-refractivity contribution is -0.682. The molecule has 3 nitrogen and oxygen atoms in total. The van der Waals surface area contributed by atoms with Crippen molar-refractivity contribution in [3.8, 4) is 0 Å². The Hall–Kier alpha value is -1.65. The Morgan fingerprint density at radius 3 is 2.32 bits per heavy atom. The van der Waals surface area contributed by atoms with E-state index in [9.17, 15) is 4.79 Å². The van der Waals surface area contributed by atoms with Gasteiger partial charge in [-0.2, -0.15) is 0 Å². The monoisotopic (exact) mass is 361 g/mol. The molecule has 0 aromatic heterocycles. The molecule has 3 N–H and O–H groups in total. The Bertz CT molecular complexity index is 598. The smallest absolute Gasteiger partial charge is 0.275 e. The van der Waals surface area contributed by atoms with Crippen molar-refractivity contribution in [1.82, 2.24) is 5.32 Å². The van der Waals surface area contributed by atoms with Gasteiger partial charge in [-0.3, -0.25) is 4.79 Å². The Morgan fingerprint density at radius 2 is 1.68 bits per heavy atom. The number of quaternary nitrogens is 1. The van der Waals surface area contributed by atoms with Gasteiger partial charge < -0.3 is 10.6 Å². The number of benzene rings is 2. The summed E-state index contributed by atoms with van der Waals surface area (Å²) >= 11 is 3.42. The summed E-state index contributed by atoms with van der Waals surface area (Å²) < 4.78 is 1.04. The summed E-state index contributed by atoms with van der Waals surface area (Å²) in [5.41, 5.74) is 2.34. The van der Waals surface area contributed by atoms with Gasteiger partial charge in [0, 0.05) is 10.0 Å². The van der Waals surface area contributed by atoms with Gasteiger partial charge >= 0.3 is 0 Å². The predicted molar refractivity (Wildman–Crippen MR) is 92.3 cm³/mol. The second kappa shape index (κ2) is 8.11. The summed E-state index contributed by atoms with van der Waals surface area (Å²) in [7, 11) is 0. The lowest BCUT2D eigenvalue weighted by atomic mass is 10.1. The highest BCUT2D eigenvalue weighted by molar-refractivity contribution is 9.10. The van der Waals surface area contributed by atoms with Crippen LogP contribution in [0.3, 0.4) is 0 Å². The lowest BCUT2D eigenvalue weighted by Gasteiger charge is -2.15. The van der Waals surface area contributed by atoms with E-state index in [-0.39, 0.29) is 18.0 Å². The van der Waals surface area contributed by atoms with Crippen LogP contribution in [0.1, 0.15) is 37.1 Å². The number of hydrogen-bond donors (Lipinski definition) is 2. The fourth-order valence-electron chi connectivity index (χ4n) is 2.31. The molecule has 0 aliphatic heterocycles. The summed E-state index contributed by atoms with van der Waals surface area (Å²) in [6.07, 6.45) is 0. The molecule has 0 bridgehead atoms. The van der Waals surface area contributed by atoms with Gasteiger partial charge in [0.25, 0.3) is 5.91 Å². The van der Waals surface area contributed by atoms with Gasteiger partial charge in [-0.15, -0.1) is 0 Å². The van der Waals surface area contributed by atoms with Crippen LogP contribution in [0.25, 0.3) is 0 Å². The zero-order valence-electron chi connectivity index (χ0n) is 12.9. The summed E-state index contributed by atoms with van der Waals surface area (Å²) in [4.78, 5) is 12.1. The zero-order chi connectivity index (χ0) is 15.9. The molecule has 2 aromatic rings. The third-order valence-corrected chi connectivity index (χ3v) is 4.26. The molecule has 0 aliphatic rings. The molecular formula is C18H22BrN2O+. The van der Waals surface area contributed by atoms with Crippen molar-refractivity contribution in [2.45, 2.75) is 25.9 Å². The average Bonchev–Trinajstić information content (AvgIpc) is 2.54. The van der Waals surface area contributed by atoms with Crippen molar-refractivity contribution >= 4 is 21.8 Å². The molecule has 116 valence electrons. The Kier molecular flexibility index (Phi) is 6.16. The number of amides is 1. The van der Waals surface area contributed by atoms with E-state index >= 15 is 0 Å². The first-order chi connectivity index (χ1) is 10.6. The third kappa shape index (κ3) is 4.97. The SMILES string of the molecule is C[C@H](NC(=O)C[NH2+][C@@H](C)c1ccccc1)c1ccc(Br)cc1. The largest absolute Gasteiger partial charge is 0.345 e. The van der Waals surface area contributed by atoms with Gasteiger partial charge in [-0.05, 0) is 31.5 Å². The molecule has 0 heterocycles. The van der Waals surface area contributed by atoms with Gasteiger partial charge in [-0.1, -0.05) is 58.4 Å². The molecule has 2 aromatic carbocycles. The van der Waals surface area contributed by atoms with Gasteiger partial charge in [0.1, 0.15) is 6.04 Å². The number of carbonyl (C=O) groups is 1. The van der Waals surface area contributed by atoms with E-state index in [1.807, 2.05) is 49.4 Å². The van der Waals surface area contributed by atoms with Crippen LogP contribution < -0.4 is 10.6 Å². The van der Waals surface area contributed by atoms with Crippen molar-refractivity contribution in [3.63, 3.8) is 0 Å². The molecule has 4 heteroatoms. The molecule has 0 fully saturated rings. The number of halogens is 1. The van der Waals surface area contributed by atoms with E-state index in [2.05, 4.69) is 45.6 Å². The average molecular weight is 362 g/mol. The topological polar surface area (TPSA) is 45.7 Å². The van der Waals surface area contributed by atoms with E-state index in [1.54, 1.807) is 0 Å². The van der Waals surface area contributed by atoms with Crippen LogP contribution >= 0.6 is 15.9 Å². The molecule has 2 atom stereocenters. The summed E-state index contributed by atoms with van der Waals surface area (Å²) in [5, 5.41) is 5.09. The highest BCUT2D eigenvalue weighted by Gasteiger charge is 2.13. The predicted octanol–water partition coefficient (Wildman–Crippen LogP) is 2.95. The minimum atomic E-state index is 0.0148. The Balaban J connectivity index is 1.81. The molecule has 0 unspecified atom stereocenters. The van der Waals surface area contributed by atoms with Gasteiger partial charge in [0.15, 0.2) is 6.54 Å². The van der Waals surface area contributed by atoms with E-state index in [0.29, 0.717) is 6.54 Å². The first-order valence-corrected chi connectivity index (χ1v) is 8.28. The van der Waals surface area contributed by atoms with Crippen molar-refractivity contribution in [1.29, 1.82) is 0 Å². The maximum Gasteiger partial charge on any atom is 0.275 e. The van der Waals surface area contributed by atoms with Crippen LogP contribution in [-0.2, 0) is 4.79 Å². The fourth-order valence-corrected chi connectivity index (χ4v) is 2.58. The lowest BCUT2D eigenvalue weighted by Crippen LogP contribution is -2.87. The first kappa shape index (κ1) is 16.7. The molecular weight excluding hydrogens is 340 g/mol. The summed E-state index contributed by atoms with van der Waals surface area (Å²) in [5.74, 6) is 0.0539. The Morgan fingerprint density at radius 1 is 1.05 bits per heavy atom. The standard InChI is InChI=1S/C18H21BrN2O/c1-13(15-6-4-3-5-7-15)20-12-18(22)21-14(2)16-8-10-17(19)11-9-16/h3-11,13-14,20H,12H2,1-2H3,(H,21,22)/p+1/t13-,14-/m0/s1. The fraction of sp³-hybridized carbons (Fsp3) is 0.278. The number of hydrogen-bond acceptors (Lipinski definition) is 1. The molecule has 2 rings (SSSR count). The highest BCUT2D eigenvalue weighted by atomic mass is 79.9. The van der Waals surface area contributed by atoms with Gasteiger partial charge in [0.05, 0.1) is 6.04 Å². The van der Waals surface area contributed by atoms with E-state index < -0.39 is 0 Å². The van der Waals surface area contributed by atoms with Crippen molar-refractivity contribution < 1.29 is 10.1 Å². The third-order valence-electron chi connectivity index (χ3n) is 3.73. The second-order valence-corrected chi connectivity index (χ2v) is 6.40. The molecule has 0 spiro atoms.